The molecule has 0 spiro atoms. The monoisotopic (exact) mass is 454 g/mol. The first-order chi connectivity index (χ1) is 15.8. The highest BCUT2D eigenvalue weighted by Gasteiger charge is 2.05. The lowest BCUT2D eigenvalue weighted by Gasteiger charge is -2.22. The van der Waals surface area contributed by atoms with Crippen molar-refractivity contribution in [3.63, 3.8) is 0 Å². The van der Waals surface area contributed by atoms with Crippen LogP contribution in [0.25, 0.3) is 0 Å². The normalized spacial score (nSPS) is 11.6. The van der Waals surface area contributed by atoms with E-state index < -0.39 is 0 Å². The van der Waals surface area contributed by atoms with Crippen LogP contribution in [0.1, 0.15) is 149 Å². The van der Waals surface area contributed by atoms with Gasteiger partial charge in [-0.25, -0.2) is 0 Å². The molecule has 0 saturated carbocycles. The fourth-order valence-corrected chi connectivity index (χ4v) is 4.61. The summed E-state index contributed by atoms with van der Waals surface area (Å²) in [6.07, 6.45) is 29.6. The third-order valence-corrected chi connectivity index (χ3v) is 6.77. The third kappa shape index (κ3) is 26.1. The topological polar surface area (TPSA) is 35.5 Å². The molecular weight excluding hydrogens is 392 g/mol. The molecule has 0 aliphatic rings. The lowest BCUT2D eigenvalue weighted by atomic mass is 10.1. The SMILES string of the molecule is CCCCCCCCCCCCN(CCCCCCCCCCCC)CCCNCCO. The van der Waals surface area contributed by atoms with E-state index in [0.717, 1.165) is 13.1 Å². The quantitative estimate of drug-likeness (QED) is 0.117. The molecule has 194 valence electrons. The second-order valence-electron chi connectivity index (χ2n) is 10.0. The van der Waals surface area contributed by atoms with Gasteiger partial charge in [-0.2, -0.15) is 0 Å². The molecule has 0 aliphatic heterocycles. The van der Waals surface area contributed by atoms with E-state index in [2.05, 4.69) is 24.1 Å². The summed E-state index contributed by atoms with van der Waals surface area (Å²) in [5, 5.41) is 12.3. The van der Waals surface area contributed by atoms with Crippen LogP contribution in [0.3, 0.4) is 0 Å². The number of nitrogens with zero attached hydrogens (tertiary/aromatic N) is 1. The van der Waals surface area contributed by atoms with Crippen molar-refractivity contribution in [2.45, 2.75) is 149 Å². The van der Waals surface area contributed by atoms with Gasteiger partial charge in [0.1, 0.15) is 0 Å². The molecule has 0 aromatic rings. The van der Waals surface area contributed by atoms with Gasteiger partial charge >= 0.3 is 0 Å². The minimum atomic E-state index is 0.251. The summed E-state index contributed by atoms with van der Waals surface area (Å²) in [4.78, 5) is 2.72. The van der Waals surface area contributed by atoms with Crippen LogP contribution in [0.4, 0.5) is 0 Å². The molecular formula is C29H62N2O. The highest BCUT2D eigenvalue weighted by Crippen LogP contribution is 2.13. The Kier molecular flexibility index (Phi) is 28.8. The maximum atomic E-state index is 8.92. The molecule has 0 aromatic heterocycles. The van der Waals surface area contributed by atoms with E-state index in [1.54, 1.807) is 0 Å². The Labute approximate surface area is 203 Å². The second-order valence-corrected chi connectivity index (χ2v) is 10.0. The first-order valence-corrected chi connectivity index (χ1v) is 14.9. The lowest BCUT2D eigenvalue weighted by Crippen LogP contribution is -2.30. The molecule has 0 atom stereocenters. The van der Waals surface area contributed by atoms with Gasteiger partial charge in [0.15, 0.2) is 0 Å². The van der Waals surface area contributed by atoms with E-state index >= 15 is 0 Å². The van der Waals surface area contributed by atoms with Gasteiger partial charge < -0.3 is 15.3 Å². The largest absolute Gasteiger partial charge is 0.395 e. The first kappa shape index (κ1) is 31.9. The number of hydrogen-bond donors (Lipinski definition) is 2. The summed E-state index contributed by atoms with van der Waals surface area (Å²) in [7, 11) is 0. The van der Waals surface area contributed by atoms with Crippen molar-refractivity contribution >= 4 is 0 Å². The van der Waals surface area contributed by atoms with Crippen molar-refractivity contribution in [3.05, 3.63) is 0 Å². The molecule has 0 aromatic carbocycles. The van der Waals surface area contributed by atoms with E-state index in [1.165, 1.54) is 154 Å². The molecule has 0 fully saturated rings. The Balaban J connectivity index is 3.74. The van der Waals surface area contributed by atoms with Crippen LogP contribution in [-0.2, 0) is 0 Å². The van der Waals surface area contributed by atoms with Crippen molar-refractivity contribution in [2.24, 2.45) is 0 Å². The number of rotatable bonds is 28. The maximum Gasteiger partial charge on any atom is 0.0555 e. The second kappa shape index (κ2) is 28.9. The van der Waals surface area contributed by atoms with Gasteiger partial charge in [0, 0.05) is 6.54 Å². The van der Waals surface area contributed by atoms with Crippen LogP contribution >= 0.6 is 0 Å². The number of unbranched alkanes of at least 4 members (excludes halogenated alkanes) is 18. The number of hydrogen-bond acceptors (Lipinski definition) is 3. The van der Waals surface area contributed by atoms with Crippen LogP contribution in [0.5, 0.6) is 0 Å². The molecule has 0 aliphatic carbocycles. The highest BCUT2D eigenvalue weighted by molar-refractivity contribution is 4.61. The van der Waals surface area contributed by atoms with Crippen LogP contribution in [0.15, 0.2) is 0 Å². The molecule has 0 radical (unpaired) electrons. The third-order valence-electron chi connectivity index (χ3n) is 6.77. The summed E-state index contributed by atoms with van der Waals surface area (Å²) in [5.41, 5.74) is 0. The zero-order chi connectivity index (χ0) is 23.4. The highest BCUT2D eigenvalue weighted by atomic mass is 16.3. The zero-order valence-electron chi connectivity index (χ0n) is 22.5. The van der Waals surface area contributed by atoms with Crippen LogP contribution in [0.2, 0.25) is 0 Å². The minimum absolute atomic E-state index is 0.251. The van der Waals surface area contributed by atoms with Crippen LogP contribution in [0, 0.1) is 0 Å². The Bertz CT molecular complexity index is 300. The van der Waals surface area contributed by atoms with Crippen LogP contribution in [-0.4, -0.2) is 49.3 Å². The van der Waals surface area contributed by atoms with Gasteiger partial charge in [-0.05, 0) is 45.4 Å². The fourth-order valence-electron chi connectivity index (χ4n) is 4.61. The number of aliphatic hydroxyl groups is 1. The van der Waals surface area contributed by atoms with E-state index in [9.17, 15) is 0 Å². The minimum Gasteiger partial charge on any atom is -0.395 e. The van der Waals surface area contributed by atoms with E-state index in [-0.39, 0.29) is 6.61 Å². The molecule has 2 N–H and O–H groups in total. The van der Waals surface area contributed by atoms with Gasteiger partial charge in [0.2, 0.25) is 0 Å². The standard InChI is InChI=1S/C29H62N2O/c1-3-5-7-9-11-13-15-17-19-21-26-31(28-23-24-30-25-29-32)27-22-20-18-16-14-12-10-8-6-4-2/h30,32H,3-29H2,1-2H3. The average Bonchev–Trinajstić information content (AvgIpc) is 2.80. The molecule has 0 rings (SSSR count). The smallest absolute Gasteiger partial charge is 0.0555 e. The van der Waals surface area contributed by atoms with E-state index in [1.807, 2.05) is 0 Å². The molecule has 0 amide bonds. The predicted molar refractivity (Wildman–Crippen MR) is 145 cm³/mol. The summed E-state index contributed by atoms with van der Waals surface area (Å²) >= 11 is 0. The Morgan fingerprint density at radius 3 is 1.16 bits per heavy atom. The van der Waals surface area contributed by atoms with Crippen molar-refractivity contribution in [2.75, 3.05) is 39.3 Å². The Hall–Kier alpha value is -0.120. The molecule has 0 unspecified atom stereocenters. The average molecular weight is 455 g/mol. The van der Waals surface area contributed by atoms with Crippen molar-refractivity contribution < 1.29 is 5.11 Å². The van der Waals surface area contributed by atoms with Crippen molar-refractivity contribution in [3.8, 4) is 0 Å². The molecule has 3 nitrogen and oxygen atoms in total. The van der Waals surface area contributed by atoms with Crippen molar-refractivity contribution in [1.29, 1.82) is 0 Å². The number of aliphatic hydroxyl groups excluding tert-OH is 1. The molecule has 32 heavy (non-hydrogen) atoms. The van der Waals surface area contributed by atoms with Gasteiger partial charge in [0.05, 0.1) is 6.61 Å². The van der Waals surface area contributed by atoms with Crippen LogP contribution < -0.4 is 5.32 Å². The Morgan fingerprint density at radius 1 is 0.438 bits per heavy atom. The fraction of sp³-hybridized carbons (Fsp3) is 1.00. The Morgan fingerprint density at radius 2 is 0.781 bits per heavy atom. The summed E-state index contributed by atoms with van der Waals surface area (Å²) < 4.78 is 0. The van der Waals surface area contributed by atoms with E-state index in [0.29, 0.717) is 0 Å². The zero-order valence-corrected chi connectivity index (χ0v) is 22.5. The van der Waals surface area contributed by atoms with E-state index in [4.69, 9.17) is 5.11 Å². The molecule has 0 bridgehead atoms. The maximum absolute atomic E-state index is 8.92. The molecule has 3 heteroatoms. The molecule has 0 saturated heterocycles. The lowest BCUT2D eigenvalue weighted by molar-refractivity contribution is 0.252. The van der Waals surface area contributed by atoms with Gasteiger partial charge in [-0.3, -0.25) is 0 Å². The predicted octanol–water partition coefficient (Wildman–Crippen LogP) is 8.10. The van der Waals surface area contributed by atoms with Crippen molar-refractivity contribution in [1.82, 2.24) is 10.2 Å². The van der Waals surface area contributed by atoms with Gasteiger partial charge in [-0.1, -0.05) is 129 Å². The first-order valence-electron chi connectivity index (χ1n) is 14.9. The van der Waals surface area contributed by atoms with Gasteiger partial charge in [0.25, 0.3) is 0 Å². The summed E-state index contributed by atoms with van der Waals surface area (Å²) in [6, 6.07) is 0. The summed E-state index contributed by atoms with van der Waals surface area (Å²) in [6.45, 7) is 10.4. The number of nitrogens with one attached hydrogen (secondary N) is 1. The molecule has 0 heterocycles. The summed E-state index contributed by atoms with van der Waals surface area (Å²) in [5.74, 6) is 0. The van der Waals surface area contributed by atoms with Gasteiger partial charge in [-0.15, -0.1) is 0 Å².